The maximum absolute atomic E-state index is 13.0. The van der Waals surface area contributed by atoms with Crippen molar-refractivity contribution >= 4 is 17.6 Å². The summed E-state index contributed by atoms with van der Waals surface area (Å²) in [6, 6.07) is 5.51. The fraction of sp³-hybridized carbons (Fsp3) is 0.429. The molecule has 2 N–H and O–H groups in total. The Morgan fingerprint density at radius 2 is 1.81 bits per heavy atom. The van der Waals surface area contributed by atoms with Gasteiger partial charge in [0.1, 0.15) is 0 Å². The van der Waals surface area contributed by atoms with Crippen LogP contribution in [0.2, 0.25) is 0 Å². The number of nitro groups is 1. The van der Waals surface area contributed by atoms with Crippen molar-refractivity contribution < 1.29 is 33.8 Å². The SMILES string of the molecule is CCOC(=O)C1=C(C(OCC)OCC)NC(C)=C(C(=O)O)C1c1cccc([N+](=O)[O-])c1. The van der Waals surface area contributed by atoms with Crippen LogP contribution in [0.5, 0.6) is 0 Å². The number of carbonyl (C=O) groups excluding carboxylic acids is 1. The van der Waals surface area contributed by atoms with Crippen LogP contribution in [0.1, 0.15) is 39.2 Å². The number of carboxylic acids is 1. The fourth-order valence-electron chi connectivity index (χ4n) is 3.43. The molecule has 0 saturated heterocycles. The minimum absolute atomic E-state index is 0.0303. The van der Waals surface area contributed by atoms with Crippen LogP contribution in [-0.2, 0) is 23.8 Å². The number of aliphatic carboxylic acids is 1. The highest BCUT2D eigenvalue weighted by atomic mass is 16.7. The Balaban J connectivity index is 2.82. The Kier molecular flexibility index (Phi) is 8.29. The highest BCUT2D eigenvalue weighted by molar-refractivity contribution is 5.99. The standard InChI is InChI=1S/C21H26N2O8/c1-5-29-20(26)17-16(13-9-8-10-14(11-13)23(27)28)15(19(24)25)12(4)22-18(17)21(30-6-2)31-7-3/h8-11,16,21-22H,5-7H2,1-4H3,(H,24,25). The first kappa shape index (κ1) is 24.0. The molecule has 0 radical (unpaired) electrons. The predicted molar refractivity (Wildman–Crippen MR) is 110 cm³/mol. The number of dihydropyridines is 1. The van der Waals surface area contributed by atoms with E-state index in [-0.39, 0.29) is 53.6 Å². The summed E-state index contributed by atoms with van der Waals surface area (Å²) in [5, 5.41) is 24.1. The number of hydrogen-bond donors (Lipinski definition) is 2. The second-order valence-electron chi connectivity index (χ2n) is 6.54. The van der Waals surface area contributed by atoms with Crippen molar-refractivity contribution in [2.75, 3.05) is 19.8 Å². The number of nitrogens with one attached hydrogen (secondary N) is 1. The number of benzene rings is 1. The van der Waals surface area contributed by atoms with Gasteiger partial charge in [-0.15, -0.1) is 0 Å². The molecule has 168 valence electrons. The van der Waals surface area contributed by atoms with Gasteiger partial charge in [-0.3, -0.25) is 10.1 Å². The molecule has 1 aromatic carbocycles. The van der Waals surface area contributed by atoms with Gasteiger partial charge in [0.25, 0.3) is 5.69 Å². The number of nitro benzene ring substituents is 1. The van der Waals surface area contributed by atoms with E-state index in [9.17, 15) is 24.8 Å². The van der Waals surface area contributed by atoms with E-state index in [4.69, 9.17) is 14.2 Å². The van der Waals surface area contributed by atoms with Gasteiger partial charge >= 0.3 is 11.9 Å². The first-order valence-electron chi connectivity index (χ1n) is 9.86. The molecule has 0 aliphatic carbocycles. The van der Waals surface area contributed by atoms with Gasteiger partial charge in [0, 0.05) is 31.0 Å². The third kappa shape index (κ3) is 5.28. The van der Waals surface area contributed by atoms with Crippen molar-refractivity contribution in [3.05, 3.63) is 62.5 Å². The van der Waals surface area contributed by atoms with Crippen molar-refractivity contribution in [3.63, 3.8) is 0 Å². The van der Waals surface area contributed by atoms with E-state index < -0.39 is 29.1 Å². The summed E-state index contributed by atoms with van der Waals surface area (Å²) < 4.78 is 16.5. The van der Waals surface area contributed by atoms with Crippen LogP contribution in [0.4, 0.5) is 5.69 Å². The molecule has 1 aliphatic heterocycles. The molecule has 1 heterocycles. The third-order valence-corrected chi connectivity index (χ3v) is 4.61. The highest BCUT2D eigenvalue weighted by Crippen LogP contribution is 2.41. The van der Waals surface area contributed by atoms with Crippen LogP contribution in [0.3, 0.4) is 0 Å². The minimum atomic E-state index is -1.27. The quantitative estimate of drug-likeness (QED) is 0.246. The predicted octanol–water partition coefficient (Wildman–Crippen LogP) is 2.86. The van der Waals surface area contributed by atoms with Crippen molar-refractivity contribution in [2.24, 2.45) is 0 Å². The minimum Gasteiger partial charge on any atom is -0.478 e. The van der Waals surface area contributed by atoms with E-state index in [0.717, 1.165) is 0 Å². The molecule has 1 aliphatic rings. The summed E-state index contributed by atoms with van der Waals surface area (Å²) in [6.07, 6.45) is -0.985. The summed E-state index contributed by atoms with van der Waals surface area (Å²) in [5.41, 5.74) is 0.350. The summed E-state index contributed by atoms with van der Waals surface area (Å²) in [7, 11) is 0. The van der Waals surface area contributed by atoms with Gasteiger partial charge in [-0.2, -0.15) is 0 Å². The summed E-state index contributed by atoms with van der Waals surface area (Å²) in [4.78, 5) is 35.9. The Bertz CT molecular complexity index is 916. The van der Waals surface area contributed by atoms with E-state index >= 15 is 0 Å². The number of esters is 1. The smallest absolute Gasteiger partial charge is 0.336 e. The molecule has 10 heteroatoms. The largest absolute Gasteiger partial charge is 0.478 e. The topological polar surface area (TPSA) is 137 Å². The number of carbonyl (C=O) groups is 2. The van der Waals surface area contributed by atoms with E-state index in [2.05, 4.69) is 5.32 Å². The summed E-state index contributed by atoms with van der Waals surface area (Å²) in [5.74, 6) is -3.17. The average molecular weight is 434 g/mol. The number of nitrogens with zero attached hydrogens (tertiary/aromatic N) is 1. The molecule has 10 nitrogen and oxygen atoms in total. The fourth-order valence-corrected chi connectivity index (χ4v) is 3.43. The monoisotopic (exact) mass is 434 g/mol. The van der Waals surface area contributed by atoms with Crippen LogP contribution < -0.4 is 5.32 Å². The number of allylic oxidation sites excluding steroid dienone is 1. The first-order valence-corrected chi connectivity index (χ1v) is 9.86. The molecular formula is C21H26N2O8. The Hall–Kier alpha value is -3.24. The lowest BCUT2D eigenvalue weighted by Crippen LogP contribution is -2.39. The molecule has 0 fully saturated rings. The Morgan fingerprint density at radius 3 is 2.32 bits per heavy atom. The average Bonchev–Trinajstić information content (AvgIpc) is 2.72. The Labute approximate surface area is 179 Å². The highest BCUT2D eigenvalue weighted by Gasteiger charge is 2.41. The lowest BCUT2D eigenvalue weighted by molar-refractivity contribution is -0.384. The number of ether oxygens (including phenoxy) is 3. The maximum atomic E-state index is 13.0. The molecule has 0 spiro atoms. The molecule has 0 amide bonds. The molecule has 1 aromatic rings. The Morgan fingerprint density at radius 1 is 1.16 bits per heavy atom. The van der Waals surface area contributed by atoms with Crippen LogP contribution in [0.25, 0.3) is 0 Å². The molecule has 2 rings (SSSR count). The van der Waals surface area contributed by atoms with Crippen molar-refractivity contribution in [2.45, 2.75) is 39.9 Å². The molecule has 1 atom stereocenters. The van der Waals surface area contributed by atoms with Gasteiger partial charge in [-0.1, -0.05) is 12.1 Å². The van der Waals surface area contributed by atoms with Gasteiger partial charge in [0.15, 0.2) is 6.29 Å². The molecule has 1 unspecified atom stereocenters. The van der Waals surface area contributed by atoms with Gasteiger partial charge in [0.2, 0.25) is 0 Å². The first-order chi connectivity index (χ1) is 14.8. The van der Waals surface area contributed by atoms with Crippen molar-refractivity contribution in [1.82, 2.24) is 5.32 Å². The molecule has 0 aromatic heterocycles. The zero-order chi connectivity index (χ0) is 23.1. The van der Waals surface area contributed by atoms with Gasteiger partial charge in [-0.25, -0.2) is 9.59 Å². The van der Waals surface area contributed by atoms with Gasteiger partial charge in [0.05, 0.1) is 34.3 Å². The number of carboxylic acid groups (broad SMARTS) is 1. The molecular weight excluding hydrogens is 408 g/mol. The van der Waals surface area contributed by atoms with Crippen LogP contribution in [-0.4, -0.2) is 48.1 Å². The van der Waals surface area contributed by atoms with Crippen LogP contribution in [0, 0.1) is 10.1 Å². The molecule has 31 heavy (non-hydrogen) atoms. The second kappa shape index (κ2) is 10.7. The summed E-state index contributed by atoms with van der Waals surface area (Å²) in [6.45, 7) is 7.26. The van der Waals surface area contributed by atoms with Crippen molar-refractivity contribution in [3.8, 4) is 0 Å². The summed E-state index contributed by atoms with van der Waals surface area (Å²) >= 11 is 0. The van der Waals surface area contributed by atoms with Crippen LogP contribution in [0.15, 0.2) is 46.8 Å². The van der Waals surface area contributed by atoms with Gasteiger partial charge in [-0.05, 0) is 33.3 Å². The zero-order valence-electron chi connectivity index (χ0n) is 17.8. The maximum Gasteiger partial charge on any atom is 0.336 e. The lowest BCUT2D eigenvalue weighted by atomic mass is 9.80. The molecule has 0 saturated carbocycles. The third-order valence-electron chi connectivity index (χ3n) is 4.61. The van der Waals surface area contributed by atoms with E-state index in [1.54, 1.807) is 27.7 Å². The number of rotatable bonds is 10. The number of hydrogen-bond acceptors (Lipinski definition) is 8. The number of non-ortho nitro benzene ring substituents is 1. The molecule has 0 bridgehead atoms. The van der Waals surface area contributed by atoms with Gasteiger partial charge < -0.3 is 24.6 Å². The van der Waals surface area contributed by atoms with E-state index in [0.29, 0.717) is 0 Å². The van der Waals surface area contributed by atoms with Crippen LogP contribution >= 0.6 is 0 Å². The second-order valence-corrected chi connectivity index (χ2v) is 6.54. The van der Waals surface area contributed by atoms with Crippen molar-refractivity contribution in [1.29, 1.82) is 0 Å². The lowest BCUT2D eigenvalue weighted by Gasteiger charge is -2.33. The van der Waals surface area contributed by atoms with E-state index in [1.807, 2.05) is 0 Å². The zero-order valence-corrected chi connectivity index (χ0v) is 17.8. The normalized spacial score (nSPS) is 16.4. The van der Waals surface area contributed by atoms with E-state index in [1.165, 1.54) is 24.3 Å².